The van der Waals surface area contributed by atoms with Crippen LogP contribution in [0.15, 0.2) is 11.8 Å². The first-order valence-electron chi connectivity index (χ1n) is 5.69. The van der Waals surface area contributed by atoms with Crippen LogP contribution in [0.2, 0.25) is 0 Å². The number of carbonyl (C=O) groups excluding carboxylic acids is 2. The maximum atomic E-state index is 12.1. The highest BCUT2D eigenvalue weighted by atomic mass is 16.2. The highest BCUT2D eigenvalue weighted by molar-refractivity contribution is 5.93. The summed E-state index contributed by atoms with van der Waals surface area (Å²) >= 11 is 0. The Morgan fingerprint density at radius 3 is 2.44 bits per heavy atom. The van der Waals surface area contributed by atoms with E-state index in [0.717, 1.165) is 25.2 Å². The van der Waals surface area contributed by atoms with Gasteiger partial charge in [0.1, 0.15) is 5.54 Å². The summed E-state index contributed by atoms with van der Waals surface area (Å²) in [4.78, 5) is 27.2. The van der Waals surface area contributed by atoms with Crippen molar-refractivity contribution >= 4 is 11.7 Å². The van der Waals surface area contributed by atoms with E-state index in [0.29, 0.717) is 6.42 Å². The third-order valence-corrected chi connectivity index (χ3v) is 3.51. The molecule has 16 heavy (non-hydrogen) atoms. The smallest absolute Gasteiger partial charge is 0.247 e. The van der Waals surface area contributed by atoms with Crippen LogP contribution >= 0.6 is 0 Å². The molecule has 1 saturated heterocycles. The molecule has 0 atom stereocenters. The molecule has 0 saturated carbocycles. The van der Waals surface area contributed by atoms with Crippen LogP contribution in [0.1, 0.15) is 26.7 Å². The van der Waals surface area contributed by atoms with Crippen LogP contribution in [-0.4, -0.2) is 47.2 Å². The molecule has 1 aliphatic carbocycles. The standard InChI is InChI=1S/C12H18N2O2/c1-12(2)11(16)13(3)6-7-14(12)9-4-5-10(15)8-9/h8H,4-7H2,1-3H3. The molecule has 4 nitrogen and oxygen atoms in total. The lowest BCUT2D eigenvalue weighted by Gasteiger charge is -2.46. The van der Waals surface area contributed by atoms with Crippen molar-refractivity contribution in [2.24, 2.45) is 0 Å². The van der Waals surface area contributed by atoms with E-state index in [1.54, 1.807) is 11.0 Å². The summed E-state index contributed by atoms with van der Waals surface area (Å²) in [5, 5.41) is 0. The minimum atomic E-state index is -0.524. The predicted octanol–water partition coefficient (Wildman–Crippen LogP) is 0.786. The number of carbonyl (C=O) groups is 2. The van der Waals surface area contributed by atoms with Crippen LogP contribution in [0, 0.1) is 0 Å². The second-order valence-electron chi connectivity index (χ2n) is 5.04. The van der Waals surface area contributed by atoms with Crippen LogP contribution in [0.25, 0.3) is 0 Å². The lowest BCUT2D eigenvalue weighted by molar-refractivity contribution is -0.145. The van der Waals surface area contributed by atoms with Crippen molar-refractivity contribution in [3.8, 4) is 0 Å². The van der Waals surface area contributed by atoms with E-state index >= 15 is 0 Å². The van der Waals surface area contributed by atoms with Gasteiger partial charge in [0.2, 0.25) is 5.91 Å². The average molecular weight is 222 g/mol. The minimum Gasteiger partial charge on any atom is -0.359 e. The van der Waals surface area contributed by atoms with E-state index < -0.39 is 5.54 Å². The fourth-order valence-electron chi connectivity index (χ4n) is 2.51. The maximum absolute atomic E-state index is 12.1. The first-order chi connectivity index (χ1) is 7.43. The molecule has 0 N–H and O–H groups in total. The largest absolute Gasteiger partial charge is 0.359 e. The van der Waals surface area contributed by atoms with E-state index in [4.69, 9.17) is 0 Å². The maximum Gasteiger partial charge on any atom is 0.247 e. The number of hydrogen-bond donors (Lipinski definition) is 0. The lowest BCUT2D eigenvalue weighted by atomic mass is 9.96. The second kappa shape index (κ2) is 3.61. The van der Waals surface area contributed by atoms with Crippen molar-refractivity contribution in [1.29, 1.82) is 0 Å². The van der Waals surface area contributed by atoms with Crippen LogP contribution < -0.4 is 0 Å². The van der Waals surface area contributed by atoms with Gasteiger partial charge >= 0.3 is 0 Å². The topological polar surface area (TPSA) is 40.6 Å². The molecule has 0 unspecified atom stereocenters. The van der Waals surface area contributed by atoms with Crippen LogP contribution in [0.4, 0.5) is 0 Å². The van der Waals surface area contributed by atoms with E-state index in [2.05, 4.69) is 4.90 Å². The van der Waals surface area contributed by atoms with Gasteiger partial charge in [-0.2, -0.15) is 0 Å². The molecule has 1 amide bonds. The number of piperazine rings is 1. The van der Waals surface area contributed by atoms with Crippen LogP contribution in [0.5, 0.6) is 0 Å². The third-order valence-electron chi connectivity index (χ3n) is 3.51. The summed E-state index contributed by atoms with van der Waals surface area (Å²) < 4.78 is 0. The van der Waals surface area contributed by atoms with Crippen LogP contribution in [-0.2, 0) is 9.59 Å². The molecule has 2 aliphatic rings. The second-order valence-corrected chi connectivity index (χ2v) is 5.04. The molecule has 1 heterocycles. The molecule has 0 aromatic heterocycles. The number of ketones is 1. The van der Waals surface area contributed by atoms with E-state index in [1.165, 1.54) is 0 Å². The summed E-state index contributed by atoms with van der Waals surface area (Å²) in [6.07, 6.45) is 3.06. The zero-order valence-electron chi connectivity index (χ0n) is 10.1. The van der Waals surface area contributed by atoms with E-state index in [9.17, 15) is 9.59 Å². The molecular formula is C12H18N2O2. The first-order valence-corrected chi connectivity index (χ1v) is 5.69. The predicted molar refractivity (Wildman–Crippen MR) is 60.7 cm³/mol. The van der Waals surface area contributed by atoms with Gasteiger partial charge in [-0.05, 0) is 20.3 Å². The van der Waals surface area contributed by atoms with Crippen molar-refractivity contribution in [2.75, 3.05) is 20.1 Å². The molecule has 2 rings (SSSR count). The molecule has 0 bridgehead atoms. The highest BCUT2D eigenvalue weighted by Gasteiger charge is 2.41. The number of amides is 1. The lowest BCUT2D eigenvalue weighted by Crippen LogP contribution is -2.61. The number of nitrogens with zero attached hydrogens (tertiary/aromatic N) is 2. The molecule has 4 heteroatoms. The molecule has 0 aromatic carbocycles. The fourth-order valence-corrected chi connectivity index (χ4v) is 2.51. The molecule has 0 spiro atoms. The SMILES string of the molecule is CN1CCN(C2=CC(=O)CC2)C(C)(C)C1=O. The summed E-state index contributed by atoms with van der Waals surface area (Å²) in [7, 11) is 1.83. The van der Waals surface area contributed by atoms with Crippen molar-refractivity contribution in [3.63, 3.8) is 0 Å². The number of allylic oxidation sites excluding steroid dienone is 2. The zero-order valence-corrected chi connectivity index (χ0v) is 10.1. The van der Waals surface area contributed by atoms with Crippen molar-refractivity contribution in [2.45, 2.75) is 32.2 Å². The summed E-state index contributed by atoms with van der Waals surface area (Å²) in [6, 6.07) is 0. The first kappa shape index (κ1) is 11.2. The Morgan fingerprint density at radius 2 is 1.88 bits per heavy atom. The Bertz CT molecular complexity index is 371. The fraction of sp³-hybridized carbons (Fsp3) is 0.667. The van der Waals surface area contributed by atoms with Gasteiger partial charge in [-0.3, -0.25) is 9.59 Å². The van der Waals surface area contributed by atoms with Crippen molar-refractivity contribution < 1.29 is 9.59 Å². The number of likely N-dealkylation sites (N-methyl/N-ethyl adjacent to an activating group) is 1. The molecular weight excluding hydrogens is 204 g/mol. The summed E-state index contributed by atoms with van der Waals surface area (Å²) in [5.41, 5.74) is 0.500. The Morgan fingerprint density at radius 1 is 1.19 bits per heavy atom. The monoisotopic (exact) mass is 222 g/mol. The van der Waals surface area contributed by atoms with E-state index in [-0.39, 0.29) is 11.7 Å². The normalized spacial score (nSPS) is 25.1. The minimum absolute atomic E-state index is 0.124. The molecule has 1 fully saturated rings. The molecule has 0 radical (unpaired) electrons. The van der Waals surface area contributed by atoms with Gasteiger partial charge in [0.05, 0.1) is 0 Å². The van der Waals surface area contributed by atoms with Gasteiger partial charge in [-0.15, -0.1) is 0 Å². The Labute approximate surface area is 95.9 Å². The molecule has 88 valence electrons. The Balaban J connectivity index is 2.26. The van der Waals surface area contributed by atoms with Gasteiger partial charge in [0.25, 0.3) is 0 Å². The van der Waals surface area contributed by atoms with Crippen LogP contribution in [0.3, 0.4) is 0 Å². The third kappa shape index (κ3) is 1.62. The quantitative estimate of drug-likeness (QED) is 0.658. The molecule has 1 aliphatic heterocycles. The van der Waals surface area contributed by atoms with E-state index in [1.807, 2.05) is 20.9 Å². The zero-order chi connectivity index (χ0) is 11.9. The van der Waals surface area contributed by atoms with Gasteiger partial charge < -0.3 is 9.80 Å². The van der Waals surface area contributed by atoms with Crippen molar-refractivity contribution in [3.05, 3.63) is 11.8 Å². The van der Waals surface area contributed by atoms with Gasteiger partial charge in [0, 0.05) is 38.3 Å². The van der Waals surface area contributed by atoms with Gasteiger partial charge in [0.15, 0.2) is 5.78 Å². The highest BCUT2D eigenvalue weighted by Crippen LogP contribution is 2.30. The average Bonchev–Trinajstić information content (AvgIpc) is 2.61. The van der Waals surface area contributed by atoms with Crippen molar-refractivity contribution in [1.82, 2.24) is 9.80 Å². The Hall–Kier alpha value is -1.32. The summed E-state index contributed by atoms with van der Waals surface area (Å²) in [6.45, 7) is 5.39. The van der Waals surface area contributed by atoms with Gasteiger partial charge in [-0.25, -0.2) is 0 Å². The van der Waals surface area contributed by atoms with Gasteiger partial charge in [-0.1, -0.05) is 0 Å². The Kier molecular flexibility index (Phi) is 2.52. The molecule has 0 aromatic rings. The number of hydrogen-bond acceptors (Lipinski definition) is 3. The summed E-state index contributed by atoms with van der Waals surface area (Å²) in [5.74, 6) is 0.302. The number of rotatable bonds is 1.